The van der Waals surface area contributed by atoms with Crippen molar-refractivity contribution in [2.45, 2.75) is 19.9 Å². The van der Waals surface area contributed by atoms with Gasteiger partial charge >= 0.3 is 6.03 Å². The first-order valence-corrected chi connectivity index (χ1v) is 4.99. The first kappa shape index (κ1) is 11.2. The summed E-state index contributed by atoms with van der Waals surface area (Å²) in [5.41, 5.74) is 0.551. The molecule has 1 fully saturated rings. The summed E-state index contributed by atoms with van der Waals surface area (Å²) in [6.45, 7) is 1.76. The van der Waals surface area contributed by atoms with Crippen LogP contribution in [0.25, 0.3) is 0 Å². The zero-order valence-corrected chi connectivity index (χ0v) is 9.14. The molecule has 0 atom stereocenters. The summed E-state index contributed by atoms with van der Waals surface area (Å²) < 4.78 is 0. The number of hydrogen-bond donors (Lipinski definition) is 1. The summed E-state index contributed by atoms with van der Waals surface area (Å²) in [6.07, 6.45) is 1.24. The molecule has 1 aromatic heterocycles. The maximum absolute atomic E-state index is 11.5. The van der Waals surface area contributed by atoms with Crippen molar-refractivity contribution < 1.29 is 14.4 Å². The van der Waals surface area contributed by atoms with Crippen molar-refractivity contribution in [1.29, 1.82) is 0 Å². The smallest absolute Gasteiger partial charge is 0.277 e. The molecular weight excluding hydrogens is 224 g/mol. The molecule has 0 aliphatic carbocycles. The summed E-state index contributed by atoms with van der Waals surface area (Å²) >= 11 is 0. The lowest BCUT2D eigenvalue weighted by Gasteiger charge is -2.24. The third kappa shape index (κ3) is 2.44. The Hall–Kier alpha value is -2.31. The van der Waals surface area contributed by atoms with E-state index in [-0.39, 0.29) is 13.0 Å². The van der Waals surface area contributed by atoms with Crippen molar-refractivity contribution in [3.05, 3.63) is 23.8 Å². The van der Waals surface area contributed by atoms with E-state index in [1.54, 1.807) is 19.2 Å². The zero-order chi connectivity index (χ0) is 12.4. The Labute approximate surface area is 96.8 Å². The molecule has 88 valence electrons. The molecule has 0 aromatic carbocycles. The van der Waals surface area contributed by atoms with Gasteiger partial charge in [0.1, 0.15) is 12.2 Å². The third-order valence-electron chi connectivity index (χ3n) is 2.26. The fourth-order valence-electron chi connectivity index (χ4n) is 1.49. The average molecular weight is 234 g/mol. The third-order valence-corrected chi connectivity index (χ3v) is 2.26. The van der Waals surface area contributed by atoms with Crippen LogP contribution < -0.4 is 5.32 Å². The van der Waals surface area contributed by atoms with Crippen LogP contribution in [0.15, 0.2) is 12.3 Å². The highest BCUT2D eigenvalue weighted by atomic mass is 16.2. The van der Waals surface area contributed by atoms with Gasteiger partial charge < -0.3 is 0 Å². The van der Waals surface area contributed by atoms with Crippen LogP contribution in [0.3, 0.4) is 0 Å². The fraction of sp³-hybridized carbons (Fsp3) is 0.300. The minimum Gasteiger partial charge on any atom is -0.277 e. The van der Waals surface area contributed by atoms with Gasteiger partial charge in [0.25, 0.3) is 0 Å². The van der Waals surface area contributed by atoms with E-state index in [0.717, 1.165) is 4.90 Å². The molecule has 1 saturated heterocycles. The van der Waals surface area contributed by atoms with Crippen molar-refractivity contribution >= 4 is 17.8 Å². The Morgan fingerprint density at radius 3 is 2.82 bits per heavy atom. The number of nitrogens with one attached hydrogen (secondary N) is 1. The van der Waals surface area contributed by atoms with Crippen LogP contribution in [0.1, 0.15) is 17.9 Å². The van der Waals surface area contributed by atoms with Gasteiger partial charge in [0.05, 0.1) is 12.2 Å². The molecular formula is C10H10N4O3. The lowest BCUT2D eigenvalue weighted by Crippen LogP contribution is -2.52. The van der Waals surface area contributed by atoms with Gasteiger partial charge in [0.2, 0.25) is 11.8 Å². The van der Waals surface area contributed by atoms with Gasteiger partial charge in [-0.1, -0.05) is 0 Å². The number of barbiturate groups is 1. The number of carbonyl (C=O) groups excluding carboxylic acids is 3. The second-order valence-corrected chi connectivity index (χ2v) is 3.61. The van der Waals surface area contributed by atoms with Crippen LogP contribution in [0.5, 0.6) is 0 Å². The van der Waals surface area contributed by atoms with Gasteiger partial charge in [-0.05, 0) is 13.0 Å². The van der Waals surface area contributed by atoms with Gasteiger partial charge in [-0.15, -0.1) is 0 Å². The number of imide groups is 2. The van der Waals surface area contributed by atoms with E-state index in [9.17, 15) is 14.4 Å². The molecule has 1 aliphatic heterocycles. The molecule has 2 rings (SSSR count). The summed E-state index contributed by atoms with van der Waals surface area (Å²) in [5.74, 6) is -0.534. The summed E-state index contributed by atoms with van der Waals surface area (Å²) in [5, 5.41) is 2.08. The SMILES string of the molecule is Cc1nccc(CN2C(=O)CC(=O)NC2=O)n1. The zero-order valence-electron chi connectivity index (χ0n) is 9.14. The van der Waals surface area contributed by atoms with Crippen molar-refractivity contribution in [2.75, 3.05) is 0 Å². The normalized spacial score (nSPS) is 16.1. The second-order valence-electron chi connectivity index (χ2n) is 3.61. The summed E-state index contributed by atoms with van der Waals surface area (Å²) in [6, 6.07) is 0.909. The molecule has 2 heterocycles. The van der Waals surface area contributed by atoms with Gasteiger partial charge in [0, 0.05) is 6.20 Å². The Morgan fingerprint density at radius 1 is 1.41 bits per heavy atom. The first-order chi connectivity index (χ1) is 8.06. The molecule has 0 saturated carbocycles. The molecule has 0 bridgehead atoms. The van der Waals surface area contributed by atoms with Gasteiger partial charge in [0.15, 0.2) is 0 Å². The average Bonchev–Trinajstić information content (AvgIpc) is 2.23. The van der Waals surface area contributed by atoms with Crippen LogP contribution in [-0.2, 0) is 16.1 Å². The molecule has 0 spiro atoms. The van der Waals surface area contributed by atoms with Crippen molar-refractivity contribution in [3.8, 4) is 0 Å². The van der Waals surface area contributed by atoms with Crippen LogP contribution in [-0.4, -0.2) is 32.7 Å². The van der Waals surface area contributed by atoms with E-state index in [4.69, 9.17) is 0 Å². The van der Waals surface area contributed by atoms with Crippen molar-refractivity contribution in [1.82, 2.24) is 20.2 Å². The van der Waals surface area contributed by atoms with Crippen molar-refractivity contribution in [3.63, 3.8) is 0 Å². The monoisotopic (exact) mass is 234 g/mol. The maximum Gasteiger partial charge on any atom is 0.331 e. The lowest BCUT2D eigenvalue weighted by atomic mass is 10.2. The van der Waals surface area contributed by atoms with E-state index in [1.807, 2.05) is 0 Å². The van der Waals surface area contributed by atoms with Gasteiger partial charge in [-0.3, -0.25) is 19.8 Å². The molecule has 4 amide bonds. The number of nitrogens with zero attached hydrogens (tertiary/aromatic N) is 3. The number of rotatable bonds is 2. The first-order valence-electron chi connectivity index (χ1n) is 4.99. The predicted molar refractivity (Wildman–Crippen MR) is 55.5 cm³/mol. The minimum atomic E-state index is -0.706. The fourth-order valence-corrected chi connectivity index (χ4v) is 1.49. The van der Waals surface area contributed by atoms with E-state index in [2.05, 4.69) is 15.3 Å². The predicted octanol–water partition coefficient (Wildman–Crippen LogP) is -0.246. The van der Waals surface area contributed by atoms with Crippen LogP contribution in [0.2, 0.25) is 0 Å². The van der Waals surface area contributed by atoms with E-state index >= 15 is 0 Å². The summed E-state index contributed by atoms with van der Waals surface area (Å²) in [7, 11) is 0. The molecule has 0 unspecified atom stereocenters. The van der Waals surface area contributed by atoms with Crippen LogP contribution in [0.4, 0.5) is 4.79 Å². The molecule has 1 N–H and O–H groups in total. The number of amides is 4. The molecule has 7 nitrogen and oxygen atoms in total. The number of hydrogen-bond acceptors (Lipinski definition) is 5. The second kappa shape index (κ2) is 4.28. The minimum absolute atomic E-state index is 0.0430. The molecule has 7 heteroatoms. The van der Waals surface area contributed by atoms with Gasteiger partial charge in [-0.2, -0.15) is 0 Å². The van der Waals surface area contributed by atoms with Crippen LogP contribution in [0, 0.1) is 6.92 Å². The number of aryl methyl sites for hydroxylation is 1. The quantitative estimate of drug-likeness (QED) is 0.712. The van der Waals surface area contributed by atoms with Gasteiger partial charge in [-0.25, -0.2) is 14.8 Å². The van der Waals surface area contributed by atoms with Crippen LogP contribution >= 0.6 is 0 Å². The Kier molecular flexibility index (Phi) is 2.82. The topological polar surface area (TPSA) is 92.3 Å². The Balaban J connectivity index is 2.15. The number of aromatic nitrogens is 2. The Morgan fingerprint density at radius 2 is 2.18 bits per heavy atom. The highest BCUT2D eigenvalue weighted by molar-refractivity contribution is 6.13. The molecule has 1 aliphatic rings. The lowest BCUT2D eigenvalue weighted by molar-refractivity contribution is -0.136. The highest BCUT2D eigenvalue weighted by Gasteiger charge is 2.30. The van der Waals surface area contributed by atoms with E-state index in [1.165, 1.54) is 0 Å². The maximum atomic E-state index is 11.5. The molecule has 0 radical (unpaired) electrons. The highest BCUT2D eigenvalue weighted by Crippen LogP contribution is 2.08. The largest absolute Gasteiger partial charge is 0.331 e. The van der Waals surface area contributed by atoms with E-state index < -0.39 is 17.8 Å². The number of urea groups is 1. The summed E-state index contributed by atoms with van der Waals surface area (Å²) in [4.78, 5) is 42.8. The van der Waals surface area contributed by atoms with E-state index in [0.29, 0.717) is 11.5 Å². The standard InChI is InChI=1S/C10H10N4O3/c1-6-11-3-2-7(12-6)5-14-9(16)4-8(15)13-10(14)17/h2-3H,4-5H2,1H3,(H,13,15,17). The molecule has 17 heavy (non-hydrogen) atoms. The number of carbonyl (C=O) groups is 3. The Bertz CT molecular complexity index is 480. The van der Waals surface area contributed by atoms with Crippen molar-refractivity contribution in [2.24, 2.45) is 0 Å². The molecule has 1 aromatic rings.